The average Bonchev–Trinajstić information content (AvgIpc) is 2.61. The third-order valence-electron chi connectivity index (χ3n) is 2.72. The largest absolute Gasteiger partial charge is 0.305 e. The number of pyridine rings is 1. The molecule has 2 heterocycles. The topological polar surface area (TPSA) is 70.7 Å². The summed E-state index contributed by atoms with van der Waals surface area (Å²) in [4.78, 5) is 16.1. The predicted molar refractivity (Wildman–Crippen MR) is 70.0 cm³/mol. The van der Waals surface area contributed by atoms with Gasteiger partial charge in [0.1, 0.15) is 0 Å². The van der Waals surface area contributed by atoms with E-state index in [1.165, 1.54) is 6.20 Å². The smallest absolute Gasteiger partial charge is 0.259 e. The first kappa shape index (κ1) is 12.6. The number of rotatable bonds is 2. The van der Waals surface area contributed by atoms with Gasteiger partial charge in [0.05, 0.1) is 10.6 Å². The number of aryl methyl sites for hydroxylation is 2. The van der Waals surface area contributed by atoms with Crippen molar-refractivity contribution in [1.29, 1.82) is 0 Å². The summed E-state index contributed by atoms with van der Waals surface area (Å²) < 4.78 is 0. The van der Waals surface area contributed by atoms with Crippen molar-refractivity contribution in [3.63, 3.8) is 0 Å². The molecule has 0 saturated carbocycles. The number of nitrogens with zero attached hydrogens (tertiary/aromatic N) is 2. The molecule has 1 amide bonds. The van der Waals surface area contributed by atoms with Crippen molar-refractivity contribution < 1.29 is 4.79 Å². The van der Waals surface area contributed by atoms with Crippen molar-refractivity contribution >= 4 is 23.3 Å². The highest BCUT2D eigenvalue weighted by molar-refractivity contribution is 6.34. The molecule has 0 aromatic carbocycles. The number of amides is 1. The van der Waals surface area contributed by atoms with Crippen LogP contribution in [-0.2, 0) is 0 Å². The minimum Gasteiger partial charge on any atom is -0.305 e. The molecule has 0 aliphatic carbocycles. The summed E-state index contributed by atoms with van der Waals surface area (Å²) in [6, 6.07) is 1.65. The Balaban J connectivity index is 2.25. The second-order valence-electron chi connectivity index (χ2n) is 4.08. The summed E-state index contributed by atoms with van der Waals surface area (Å²) in [5.41, 5.74) is 2.92. The minimum absolute atomic E-state index is 0.317. The van der Waals surface area contributed by atoms with Crippen LogP contribution in [0.25, 0.3) is 0 Å². The maximum atomic E-state index is 12.0. The molecule has 0 aliphatic heterocycles. The first-order chi connectivity index (χ1) is 8.49. The molecule has 6 heteroatoms. The molecule has 2 aromatic rings. The predicted octanol–water partition coefficient (Wildman–Crippen LogP) is 2.64. The number of hydrogen-bond acceptors (Lipinski definition) is 3. The lowest BCUT2D eigenvalue weighted by Crippen LogP contribution is -2.14. The highest BCUT2D eigenvalue weighted by atomic mass is 35.5. The Hall–Kier alpha value is -1.88. The fourth-order valence-electron chi connectivity index (χ4n) is 1.48. The van der Waals surface area contributed by atoms with Crippen LogP contribution >= 0.6 is 11.6 Å². The second-order valence-corrected chi connectivity index (χ2v) is 4.49. The number of carbonyl (C=O) groups is 1. The lowest BCUT2D eigenvalue weighted by atomic mass is 10.2. The van der Waals surface area contributed by atoms with Crippen LogP contribution in [0.15, 0.2) is 12.3 Å². The van der Waals surface area contributed by atoms with E-state index in [1.807, 2.05) is 20.8 Å². The van der Waals surface area contributed by atoms with Crippen molar-refractivity contribution in [2.75, 3.05) is 5.32 Å². The number of aromatic nitrogens is 3. The SMILES string of the molecule is Cc1cc(Cl)c(C(=O)Nc2n[nH]c(C)c2C)cn1. The van der Waals surface area contributed by atoms with E-state index in [0.29, 0.717) is 16.4 Å². The van der Waals surface area contributed by atoms with Gasteiger partial charge in [-0.15, -0.1) is 0 Å². The molecule has 0 aliphatic rings. The number of hydrogen-bond donors (Lipinski definition) is 2. The normalized spacial score (nSPS) is 10.4. The molecule has 0 unspecified atom stereocenters. The van der Waals surface area contributed by atoms with Crippen LogP contribution in [0, 0.1) is 20.8 Å². The van der Waals surface area contributed by atoms with Crippen LogP contribution in [0.5, 0.6) is 0 Å². The number of halogens is 1. The summed E-state index contributed by atoms with van der Waals surface area (Å²) in [5, 5.41) is 9.89. The van der Waals surface area contributed by atoms with Gasteiger partial charge < -0.3 is 5.32 Å². The fourth-order valence-corrected chi connectivity index (χ4v) is 1.77. The van der Waals surface area contributed by atoms with Crippen LogP contribution in [0.3, 0.4) is 0 Å². The maximum Gasteiger partial charge on any atom is 0.259 e. The molecule has 0 spiro atoms. The van der Waals surface area contributed by atoms with Gasteiger partial charge in [0, 0.05) is 23.1 Å². The standard InChI is InChI=1S/C12H13ClN4O/c1-6-4-10(13)9(5-14-6)12(18)15-11-7(2)8(3)16-17-11/h4-5H,1-3H3,(H2,15,16,17,18). The Morgan fingerprint density at radius 3 is 2.67 bits per heavy atom. The summed E-state index contributed by atoms with van der Waals surface area (Å²) in [6.45, 7) is 5.58. The van der Waals surface area contributed by atoms with Crippen molar-refractivity contribution in [2.45, 2.75) is 20.8 Å². The van der Waals surface area contributed by atoms with E-state index in [0.717, 1.165) is 17.0 Å². The summed E-state index contributed by atoms with van der Waals surface area (Å²) in [6.07, 6.45) is 1.46. The highest BCUT2D eigenvalue weighted by Gasteiger charge is 2.14. The fraction of sp³-hybridized carbons (Fsp3) is 0.250. The molecular weight excluding hydrogens is 252 g/mol. The molecular formula is C12H13ClN4O. The Morgan fingerprint density at radius 1 is 1.39 bits per heavy atom. The zero-order chi connectivity index (χ0) is 13.3. The number of anilines is 1. The van der Waals surface area contributed by atoms with Crippen LogP contribution in [0.1, 0.15) is 27.3 Å². The van der Waals surface area contributed by atoms with E-state index >= 15 is 0 Å². The zero-order valence-corrected chi connectivity index (χ0v) is 11.1. The van der Waals surface area contributed by atoms with E-state index in [1.54, 1.807) is 6.07 Å². The molecule has 94 valence electrons. The number of carbonyl (C=O) groups excluding carboxylic acids is 1. The van der Waals surface area contributed by atoms with Gasteiger partial charge in [0.25, 0.3) is 5.91 Å². The molecule has 2 aromatic heterocycles. The van der Waals surface area contributed by atoms with E-state index in [-0.39, 0.29) is 5.91 Å². The Kier molecular flexibility index (Phi) is 3.34. The molecule has 0 atom stereocenters. The van der Waals surface area contributed by atoms with Crippen molar-refractivity contribution in [2.24, 2.45) is 0 Å². The zero-order valence-electron chi connectivity index (χ0n) is 10.3. The minimum atomic E-state index is -0.317. The number of aromatic amines is 1. The Labute approximate surface area is 110 Å². The lowest BCUT2D eigenvalue weighted by Gasteiger charge is -2.05. The van der Waals surface area contributed by atoms with Crippen molar-refractivity contribution in [3.8, 4) is 0 Å². The molecule has 18 heavy (non-hydrogen) atoms. The van der Waals surface area contributed by atoms with Gasteiger partial charge >= 0.3 is 0 Å². The van der Waals surface area contributed by atoms with Crippen LogP contribution < -0.4 is 5.32 Å². The number of H-pyrrole nitrogens is 1. The first-order valence-corrected chi connectivity index (χ1v) is 5.82. The molecule has 0 radical (unpaired) electrons. The summed E-state index contributed by atoms with van der Waals surface area (Å²) in [5.74, 6) is 0.191. The quantitative estimate of drug-likeness (QED) is 0.876. The van der Waals surface area contributed by atoms with Crippen LogP contribution in [0.2, 0.25) is 5.02 Å². The van der Waals surface area contributed by atoms with Crippen LogP contribution in [0.4, 0.5) is 5.82 Å². The molecule has 5 nitrogen and oxygen atoms in total. The summed E-state index contributed by atoms with van der Waals surface area (Å²) in [7, 11) is 0. The van der Waals surface area contributed by atoms with E-state index in [9.17, 15) is 4.79 Å². The van der Waals surface area contributed by atoms with Crippen molar-refractivity contribution in [1.82, 2.24) is 15.2 Å². The summed E-state index contributed by atoms with van der Waals surface area (Å²) >= 11 is 6.01. The Bertz CT molecular complexity index is 606. The third-order valence-corrected chi connectivity index (χ3v) is 3.03. The molecule has 2 N–H and O–H groups in total. The van der Waals surface area contributed by atoms with Crippen LogP contribution in [-0.4, -0.2) is 21.1 Å². The van der Waals surface area contributed by atoms with Gasteiger partial charge in [-0.2, -0.15) is 5.10 Å². The van der Waals surface area contributed by atoms with Gasteiger partial charge in [-0.1, -0.05) is 11.6 Å². The van der Waals surface area contributed by atoms with Gasteiger partial charge in [0.2, 0.25) is 0 Å². The second kappa shape index (κ2) is 4.78. The van der Waals surface area contributed by atoms with Gasteiger partial charge in [0.15, 0.2) is 5.82 Å². The monoisotopic (exact) mass is 264 g/mol. The van der Waals surface area contributed by atoms with E-state index < -0.39 is 0 Å². The van der Waals surface area contributed by atoms with Gasteiger partial charge in [-0.3, -0.25) is 14.9 Å². The van der Waals surface area contributed by atoms with E-state index in [2.05, 4.69) is 20.5 Å². The molecule has 0 saturated heterocycles. The molecule has 2 rings (SSSR count). The maximum absolute atomic E-state index is 12.0. The average molecular weight is 265 g/mol. The Morgan fingerprint density at radius 2 is 2.11 bits per heavy atom. The molecule has 0 bridgehead atoms. The number of nitrogens with one attached hydrogen (secondary N) is 2. The third kappa shape index (κ3) is 2.36. The highest BCUT2D eigenvalue weighted by Crippen LogP contribution is 2.19. The lowest BCUT2D eigenvalue weighted by molar-refractivity contribution is 0.102. The molecule has 0 fully saturated rings. The van der Waals surface area contributed by atoms with Crippen molar-refractivity contribution in [3.05, 3.63) is 39.8 Å². The van der Waals surface area contributed by atoms with E-state index in [4.69, 9.17) is 11.6 Å². The van der Waals surface area contributed by atoms with Gasteiger partial charge in [-0.25, -0.2) is 0 Å². The first-order valence-electron chi connectivity index (χ1n) is 5.44. The van der Waals surface area contributed by atoms with Gasteiger partial charge in [-0.05, 0) is 26.8 Å².